The van der Waals surface area contributed by atoms with Crippen molar-refractivity contribution in [3.8, 4) is 56.9 Å². The van der Waals surface area contributed by atoms with Crippen LogP contribution >= 0.6 is 24.8 Å². The van der Waals surface area contributed by atoms with E-state index in [0.717, 1.165) is 145 Å². The fraction of sp³-hybridized carbons (Fsp3) is 0.291. The number of alkyl carbamates (subject to hydrolysis) is 1. The Morgan fingerprint density at radius 2 is 1.01 bits per heavy atom. The Kier molecular flexibility index (Phi) is 15.2. The number of para-hydroxylation sites is 2. The molecule has 5 N–H and O–H groups in total. The molecule has 2 saturated heterocycles. The average molecular weight is 1020 g/mol. The molecule has 18 heteroatoms. The summed E-state index contributed by atoms with van der Waals surface area (Å²) < 4.78 is 9.58. The zero-order valence-corrected chi connectivity index (χ0v) is 42.7. The van der Waals surface area contributed by atoms with Crippen LogP contribution in [0.1, 0.15) is 57.6 Å². The van der Waals surface area contributed by atoms with Crippen molar-refractivity contribution >= 4 is 53.9 Å². The SMILES string of the molecule is CC(C)(C)OC(=O)NC1CCN(Cc2ccc(-c3nnc4n3-c3cccnc3Nc3ccccc3-4)cc2)CC1.Cl.Cl.NC1CCN(Cc2ccc(-c3nnc4n3-c3cccnc3Nc3ccccc3-4)cc2)CC1. The van der Waals surface area contributed by atoms with Crippen LogP contribution in [-0.2, 0) is 17.8 Å². The maximum atomic E-state index is 12.1. The topological polar surface area (TPSA) is 182 Å². The smallest absolute Gasteiger partial charge is 0.407 e. The summed E-state index contributed by atoms with van der Waals surface area (Å²) in [6.45, 7) is 11.4. The number of anilines is 4. The lowest BCUT2D eigenvalue weighted by Gasteiger charge is -2.32. The minimum Gasteiger partial charge on any atom is -0.444 e. The summed E-state index contributed by atoms with van der Waals surface area (Å²) in [6.07, 6.45) is 7.22. The Bertz CT molecular complexity index is 3170. The number of nitrogens with one attached hydrogen (secondary N) is 3. The monoisotopic (exact) mass is 1020 g/mol. The molecule has 0 atom stereocenters. The first kappa shape index (κ1) is 50.7. The summed E-state index contributed by atoms with van der Waals surface area (Å²) in [5.41, 5.74) is 15.9. The lowest BCUT2D eigenvalue weighted by molar-refractivity contribution is 0.0477. The second-order valence-electron chi connectivity index (χ2n) is 19.7. The highest BCUT2D eigenvalue weighted by Gasteiger charge is 2.28. The molecule has 8 aromatic rings. The molecule has 0 saturated carbocycles. The molecule has 4 aliphatic heterocycles. The molecule has 73 heavy (non-hydrogen) atoms. The van der Waals surface area contributed by atoms with E-state index in [4.69, 9.17) is 10.5 Å². The first-order valence-corrected chi connectivity index (χ1v) is 24.5. The van der Waals surface area contributed by atoms with E-state index in [1.807, 2.05) is 87.5 Å². The van der Waals surface area contributed by atoms with Crippen molar-refractivity contribution in [2.75, 3.05) is 36.8 Å². The van der Waals surface area contributed by atoms with Crippen LogP contribution in [0.3, 0.4) is 0 Å². The fourth-order valence-corrected chi connectivity index (χ4v) is 9.78. The molecule has 0 spiro atoms. The van der Waals surface area contributed by atoms with E-state index in [1.54, 1.807) is 12.4 Å². The normalized spacial score (nSPS) is 15.2. The predicted octanol–water partition coefficient (Wildman–Crippen LogP) is 10.4. The fourth-order valence-electron chi connectivity index (χ4n) is 9.78. The van der Waals surface area contributed by atoms with Crippen molar-refractivity contribution in [2.24, 2.45) is 5.73 Å². The van der Waals surface area contributed by atoms with Gasteiger partial charge in [-0.2, -0.15) is 0 Å². The molecule has 0 aliphatic carbocycles. The maximum Gasteiger partial charge on any atom is 0.407 e. The third-order valence-electron chi connectivity index (χ3n) is 13.4. The van der Waals surface area contributed by atoms with Crippen molar-refractivity contribution in [2.45, 2.75) is 77.2 Å². The molecule has 8 heterocycles. The van der Waals surface area contributed by atoms with Gasteiger partial charge in [0.05, 0.1) is 22.7 Å². The van der Waals surface area contributed by atoms with Crippen molar-refractivity contribution in [3.63, 3.8) is 0 Å². The number of benzene rings is 4. The van der Waals surface area contributed by atoms with Crippen molar-refractivity contribution in [3.05, 3.63) is 145 Å². The van der Waals surface area contributed by atoms with Crippen LogP contribution in [0.4, 0.5) is 27.8 Å². The molecule has 4 aromatic carbocycles. The first-order chi connectivity index (χ1) is 34.6. The molecule has 2 fully saturated rings. The van der Waals surface area contributed by atoms with Crippen LogP contribution in [0.5, 0.6) is 0 Å². The highest BCUT2D eigenvalue weighted by atomic mass is 35.5. The standard InChI is InChI=1S/C30H33N7O2.C25H25N7.2ClH/c1-30(2,3)39-29(38)32-22-14-17-36(18-15-22)19-20-10-12-21(13-11-20)27-34-35-28-23-7-4-5-8-24(23)33-26-25(37(27)28)9-6-16-31-26;26-19-11-14-31(15-12-19)16-17-7-9-18(10-8-17)24-29-30-25-20-4-1-2-5-21(20)28-23-22(32(24)25)6-3-13-27-23;;/h4-13,16,22H,14-15,17-19H2,1-3H3,(H,31,33)(H,32,38);1-10,13,19H,11-12,14-16,26H2,(H,27,28);2*1H. The molecule has 0 radical (unpaired) electrons. The summed E-state index contributed by atoms with van der Waals surface area (Å²) in [5.74, 6) is 4.74. The van der Waals surface area contributed by atoms with Gasteiger partial charge < -0.3 is 26.4 Å². The molecule has 4 aromatic heterocycles. The Balaban J connectivity index is 0.000000178. The molecule has 16 nitrogen and oxygen atoms in total. The number of halogens is 2. The van der Waals surface area contributed by atoms with E-state index in [9.17, 15) is 4.79 Å². The number of ether oxygens (including phenoxy) is 1. The Morgan fingerprint density at radius 3 is 1.47 bits per heavy atom. The van der Waals surface area contributed by atoms with Crippen LogP contribution in [-0.4, -0.2) is 99.3 Å². The van der Waals surface area contributed by atoms with Crippen molar-refractivity contribution in [1.29, 1.82) is 0 Å². The number of hydrogen-bond donors (Lipinski definition) is 4. The number of piperidine rings is 2. The first-order valence-electron chi connectivity index (χ1n) is 24.5. The van der Waals surface area contributed by atoms with E-state index in [-0.39, 0.29) is 36.9 Å². The van der Waals surface area contributed by atoms with Gasteiger partial charge in [-0.1, -0.05) is 72.8 Å². The molecule has 1 amide bonds. The van der Waals surface area contributed by atoms with Crippen molar-refractivity contribution < 1.29 is 9.53 Å². The van der Waals surface area contributed by atoms with Crippen molar-refractivity contribution in [1.82, 2.24) is 54.6 Å². The number of hydrogen-bond acceptors (Lipinski definition) is 13. The number of carbonyl (C=O) groups excluding carboxylic acids is 1. The van der Waals surface area contributed by atoms with Gasteiger partial charge in [-0.05, 0) is 119 Å². The van der Waals surface area contributed by atoms with Crippen LogP contribution in [0.2, 0.25) is 0 Å². The van der Waals surface area contributed by atoms with Gasteiger partial charge in [0.25, 0.3) is 0 Å². The average Bonchev–Trinajstić information content (AvgIpc) is 3.95. The minimum absolute atomic E-state index is 0. The molecule has 12 rings (SSSR count). The molecule has 4 aliphatic rings. The molecule has 0 unspecified atom stereocenters. The van der Waals surface area contributed by atoms with Gasteiger partial charge in [0, 0.05) is 72.9 Å². The number of nitrogens with zero attached hydrogens (tertiary/aromatic N) is 10. The third-order valence-corrected chi connectivity index (χ3v) is 13.4. The zero-order chi connectivity index (χ0) is 48.5. The number of nitrogens with two attached hydrogens (primary N) is 1. The maximum absolute atomic E-state index is 12.1. The number of carbonyl (C=O) groups is 1. The molecular weight excluding hydrogens is 960 g/mol. The lowest BCUT2D eigenvalue weighted by Crippen LogP contribution is -2.45. The van der Waals surface area contributed by atoms with Crippen LogP contribution in [0.15, 0.2) is 134 Å². The van der Waals surface area contributed by atoms with E-state index >= 15 is 0 Å². The Morgan fingerprint density at radius 1 is 0.589 bits per heavy atom. The second kappa shape index (κ2) is 21.9. The zero-order valence-electron chi connectivity index (χ0n) is 41.1. The Labute approximate surface area is 437 Å². The highest BCUT2D eigenvalue weighted by Crippen LogP contribution is 2.41. The van der Waals surface area contributed by atoms with E-state index in [2.05, 4.69) is 120 Å². The molecule has 0 bridgehead atoms. The van der Waals surface area contributed by atoms with Gasteiger partial charge in [-0.3, -0.25) is 18.9 Å². The summed E-state index contributed by atoms with van der Waals surface area (Å²) in [6, 6.07) is 41.9. The van der Waals surface area contributed by atoms with Gasteiger partial charge in [-0.15, -0.1) is 45.2 Å². The number of amides is 1. The predicted molar refractivity (Wildman–Crippen MR) is 291 cm³/mol. The largest absolute Gasteiger partial charge is 0.444 e. The summed E-state index contributed by atoms with van der Waals surface area (Å²) in [4.78, 5) is 26.2. The van der Waals surface area contributed by atoms with Crippen LogP contribution in [0.25, 0.3) is 56.9 Å². The number of fused-ring (bicyclic) bond motifs is 10. The summed E-state index contributed by atoms with van der Waals surface area (Å²) in [7, 11) is 0. The van der Waals surface area contributed by atoms with Gasteiger partial charge in [0.2, 0.25) is 0 Å². The number of pyridine rings is 2. The van der Waals surface area contributed by atoms with E-state index in [0.29, 0.717) is 6.04 Å². The quantitative estimate of drug-likeness (QED) is 0.118. The van der Waals surface area contributed by atoms with E-state index < -0.39 is 5.60 Å². The van der Waals surface area contributed by atoms with Gasteiger partial charge in [0.15, 0.2) is 34.9 Å². The van der Waals surface area contributed by atoms with Gasteiger partial charge in [-0.25, -0.2) is 14.8 Å². The third kappa shape index (κ3) is 11.1. The summed E-state index contributed by atoms with van der Waals surface area (Å²) >= 11 is 0. The van der Waals surface area contributed by atoms with Crippen LogP contribution in [0, 0.1) is 0 Å². The molecular formula is C55H60Cl2N14O2. The lowest BCUT2D eigenvalue weighted by atomic mass is 10.0. The highest BCUT2D eigenvalue weighted by molar-refractivity contribution is 5.87. The summed E-state index contributed by atoms with van der Waals surface area (Å²) in [5, 5.41) is 28.3. The number of likely N-dealkylation sites (tertiary alicyclic amines) is 2. The van der Waals surface area contributed by atoms with Gasteiger partial charge >= 0.3 is 6.09 Å². The number of rotatable bonds is 7. The Hall–Kier alpha value is -7.21. The van der Waals surface area contributed by atoms with E-state index in [1.165, 1.54) is 11.1 Å². The van der Waals surface area contributed by atoms with Gasteiger partial charge in [0.1, 0.15) is 5.60 Å². The second-order valence-corrected chi connectivity index (χ2v) is 19.7. The van der Waals surface area contributed by atoms with Crippen LogP contribution < -0.4 is 21.7 Å². The molecule has 376 valence electrons. The number of aromatic nitrogens is 8. The minimum atomic E-state index is -0.483.